The zero-order valence-electron chi connectivity index (χ0n) is 11.7. The minimum absolute atomic E-state index is 0.685. The summed E-state index contributed by atoms with van der Waals surface area (Å²) >= 11 is 3.50. The highest BCUT2D eigenvalue weighted by Gasteiger charge is 2.19. The molecule has 5 heteroatoms. The standard InChI is InChI=1S/C14H23BrN4/c1-3-16-14-18-9-12(15)13(19-14)17-8-11-6-4-5-10(2)7-11/h9-11H,3-8H2,1-2H3,(H2,16,17,18,19). The van der Waals surface area contributed by atoms with E-state index in [2.05, 4.69) is 43.5 Å². The molecule has 19 heavy (non-hydrogen) atoms. The van der Waals surface area contributed by atoms with Crippen LogP contribution >= 0.6 is 15.9 Å². The molecule has 0 aromatic carbocycles. The smallest absolute Gasteiger partial charge is 0.224 e. The third-order valence-electron chi connectivity index (χ3n) is 3.68. The highest BCUT2D eigenvalue weighted by Crippen LogP contribution is 2.29. The van der Waals surface area contributed by atoms with E-state index in [1.165, 1.54) is 25.7 Å². The molecule has 4 nitrogen and oxygen atoms in total. The van der Waals surface area contributed by atoms with Crippen LogP contribution in [0.1, 0.15) is 39.5 Å². The number of nitrogens with one attached hydrogen (secondary N) is 2. The van der Waals surface area contributed by atoms with Crippen LogP contribution in [0.4, 0.5) is 11.8 Å². The van der Waals surface area contributed by atoms with Gasteiger partial charge >= 0.3 is 0 Å². The average molecular weight is 327 g/mol. The SMILES string of the molecule is CCNc1ncc(Br)c(NCC2CCCC(C)C2)n1. The molecule has 1 aromatic heterocycles. The van der Waals surface area contributed by atoms with Crippen LogP contribution in [0, 0.1) is 11.8 Å². The third-order valence-corrected chi connectivity index (χ3v) is 4.26. The largest absolute Gasteiger partial charge is 0.369 e. The Morgan fingerprint density at radius 3 is 2.95 bits per heavy atom. The molecule has 0 saturated heterocycles. The van der Waals surface area contributed by atoms with Crippen molar-refractivity contribution < 1.29 is 0 Å². The number of rotatable bonds is 5. The van der Waals surface area contributed by atoms with Gasteiger partial charge in [-0.05, 0) is 47.5 Å². The molecule has 2 unspecified atom stereocenters. The van der Waals surface area contributed by atoms with Crippen molar-refractivity contribution >= 4 is 27.7 Å². The lowest BCUT2D eigenvalue weighted by Gasteiger charge is -2.27. The molecule has 1 saturated carbocycles. The zero-order valence-corrected chi connectivity index (χ0v) is 13.3. The monoisotopic (exact) mass is 326 g/mol. The van der Waals surface area contributed by atoms with E-state index >= 15 is 0 Å². The van der Waals surface area contributed by atoms with Crippen LogP contribution in [0.3, 0.4) is 0 Å². The van der Waals surface area contributed by atoms with Crippen LogP contribution in [0.2, 0.25) is 0 Å². The molecule has 0 amide bonds. The summed E-state index contributed by atoms with van der Waals surface area (Å²) < 4.78 is 0.929. The molecule has 1 heterocycles. The molecule has 2 N–H and O–H groups in total. The maximum atomic E-state index is 4.49. The topological polar surface area (TPSA) is 49.8 Å². The summed E-state index contributed by atoms with van der Waals surface area (Å²) in [5, 5.41) is 6.60. The first-order valence-electron chi connectivity index (χ1n) is 7.19. The molecule has 0 bridgehead atoms. The van der Waals surface area contributed by atoms with Crippen LogP contribution < -0.4 is 10.6 Å². The fourth-order valence-electron chi connectivity index (χ4n) is 2.72. The second-order valence-electron chi connectivity index (χ2n) is 5.44. The van der Waals surface area contributed by atoms with Crippen LogP contribution in [-0.2, 0) is 0 Å². The summed E-state index contributed by atoms with van der Waals surface area (Å²) in [6.07, 6.45) is 7.21. The van der Waals surface area contributed by atoms with Gasteiger partial charge in [-0.25, -0.2) is 4.98 Å². The van der Waals surface area contributed by atoms with Crippen LogP contribution in [-0.4, -0.2) is 23.1 Å². The summed E-state index contributed by atoms with van der Waals surface area (Å²) in [7, 11) is 0. The molecule has 2 atom stereocenters. The van der Waals surface area contributed by atoms with Gasteiger partial charge in [-0.1, -0.05) is 19.8 Å². The van der Waals surface area contributed by atoms with Crippen molar-refractivity contribution in [2.45, 2.75) is 39.5 Å². The van der Waals surface area contributed by atoms with E-state index in [-0.39, 0.29) is 0 Å². The van der Waals surface area contributed by atoms with Gasteiger partial charge < -0.3 is 10.6 Å². The number of aromatic nitrogens is 2. The molecule has 0 radical (unpaired) electrons. The van der Waals surface area contributed by atoms with Crippen LogP contribution in [0.15, 0.2) is 10.7 Å². The molecule has 0 aliphatic heterocycles. The Balaban J connectivity index is 1.92. The van der Waals surface area contributed by atoms with E-state index in [9.17, 15) is 0 Å². The Hall–Kier alpha value is -0.840. The van der Waals surface area contributed by atoms with Gasteiger partial charge in [-0.15, -0.1) is 0 Å². The number of anilines is 2. The normalized spacial score (nSPS) is 23.1. The summed E-state index contributed by atoms with van der Waals surface area (Å²) in [5.74, 6) is 3.22. The quantitative estimate of drug-likeness (QED) is 0.861. The summed E-state index contributed by atoms with van der Waals surface area (Å²) in [6, 6.07) is 0. The van der Waals surface area contributed by atoms with E-state index in [1.807, 2.05) is 6.92 Å². The lowest BCUT2D eigenvalue weighted by atomic mass is 9.82. The Kier molecular flexibility index (Phi) is 5.43. The fourth-order valence-corrected chi connectivity index (χ4v) is 3.05. The molecule has 0 spiro atoms. The third kappa shape index (κ3) is 4.34. The Labute approximate surface area is 123 Å². The van der Waals surface area contributed by atoms with E-state index in [1.54, 1.807) is 6.20 Å². The molecular weight excluding hydrogens is 304 g/mol. The number of nitrogens with zero attached hydrogens (tertiary/aromatic N) is 2. The average Bonchev–Trinajstić information content (AvgIpc) is 2.40. The summed E-state index contributed by atoms with van der Waals surface area (Å²) in [5.41, 5.74) is 0. The summed E-state index contributed by atoms with van der Waals surface area (Å²) in [6.45, 7) is 6.24. The van der Waals surface area contributed by atoms with Crippen molar-refractivity contribution in [3.05, 3.63) is 10.7 Å². The van der Waals surface area contributed by atoms with Gasteiger partial charge in [0.15, 0.2) is 0 Å². The van der Waals surface area contributed by atoms with Gasteiger partial charge in [0.25, 0.3) is 0 Å². The van der Waals surface area contributed by atoms with E-state index in [0.717, 1.165) is 35.2 Å². The van der Waals surface area contributed by atoms with Gasteiger partial charge in [0.1, 0.15) is 5.82 Å². The van der Waals surface area contributed by atoms with E-state index in [0.29, 0.717) is 5.95 Å². The summed E-state index contributed by atoms with van der Waals surface area (Å²) in [4.78, 5) is 8.71. The molecule has 1 aromatic rings. The second kappa shape index (κ2) is 7.08. The van der Waals surface area contributed by atoms with Gasteiger partial charge in [0, 0.05) is 19.3 Å². The molecule has 1 aliphatic carbocycles. The lowest BCUT2D eigenvalue weighted by Crippen LogP contribution is -2.21. The highest BCUT2D eigenvalue weighted by molar-refractivity contribution is 9.10. The van der Waals surface area contributed by atoms with E-state index in [4.69, 9.17) is 0 Å². The van der Waals surface area contributed by atoms with Crippen molar-refractivity contribution in [2.24, 2.45) is 11.8 Å². The fraction of sp³-hybridized carbons (Fsp3) is 0.714. The first kappa shape index (κ1) is 14.6. The first-order chi connectivity index (χ1) is 9.19. The number of hydrogen-bond acceptors (Lipinski definition) is 4. The van der Waals surface area contributed by atoms with E-state index < -0.39 is 0 Å². The van der Waals surface area contributed by atoms with Crippen LogP contribution in [0.25, 0.3) is 0 Å². The van der Waals surface area contributed by atoms with Gasteiger partial charge in [-0.3, -0.25) is 0 Å². The number of halogens is 1. The molecule has 1 fully saturated rings. The van der Waals surface area contributed by atoms with Crippen molar-refractivity contribution in [1.82, 2.24) is 9.97 Å². The van der Waals surface area contributed by atoms with Gasteiger partial charge in [-0.2, -0.15) is 4.98 Å². The maximum Gasteiger partial charge on any atom is 0.224 e. The Bertz CT molecular complexity index is 410. The minimum Gasteiger partial charge on any atom is -0.369 e. The van der Waals surface area contributed by atoms with Crippen molar-refractivity contribution in [3.8, 4) is 0 Å². The van der Waals surface area contributed by atoms with Crippen molar-refractivity contribution in [3.63, 3.8) is 0 Å². The molecular formula is C14H23BrN4. The van der Waals surface area contributed by atoms with Gasteiger partial charge in [0.05, 0.1) is 4.47 Å². The maximum absolute atomic E-state index is 4.49. The predicted molar refractivity (Wildman–Crippen MR) is 83.5 cm³/mol. The van der Waals surface area contributed by atoms with Gasteiger partial charge in [0.2, 0.25) is 5.95 Å². The minimum atomic E-state index is 0.685. The Morgan fingerprint density at radius 1 is 1.37 bits per heavy atom. The number of hydrogen-bond donors (Lipinski definition) is 2. The molecule has 1 aliphatic rings. The van der Waals surface area contributed by atoms with Crippen molar-refractivity contribution in [2.75, 3.05) is 23.7 Å². The lowest BCUT2D eigenvalue weighted by molar-refractivity contribution is 0.293. The zero-order chi connectivity index (χ0) is 13.7. The Morgan fingerprint density at radius 2 is 2.21 bits per heavy atom. The van der Waals surface area contributed by atoms with Crippen molar-refractivity contribution in [1.29, 1.82) is 0 Å². The predicted octanol–water partition coefficient (Wildman–Crippen LogP) is 3.91. The molecule has 106 valence electrons. The first-order valence-corrected chi connectivity index (χ1v) is 7.98. The second-order valence-corrected chi connectivity index (χ2v) is 6.29. The highest BCUT2D eigenvalue weighted by atomic mass is 79.9. The molecule has 2 rings (SSSR count). The van der Waals surface area contributed by atoms with Crippen LogP contribution in [0.5, 0.6) is 0 Å².